The Morgan fingerprint density at radius 2 is 1.93 bits per heavy atom. The Hall–Kier alpha value is -2.16. The minimum absolute atomic E-state index is 0.362. The molecule has 3 rings (SSSR count). The Bertz CT molecular complexity index is 582. The normalized spacial score (nSPS) is 13.2. The van der Waals surface area contributed by atoms with Gasteiger partial charge in [0, 0.05) is 11.1 Å². The highest BCUT2D eigenvalue weighted by atomic mass is 16.1. The number of anilines is 1. The molecule has 0 aromatic heterocycles. The summed E-state index contributed by atoms with van der Waals surface area (Å²) in [5, 5.41) is 5.20. The second-order valence-electron chi connectivity index (χ2n) is 3.42. The number of nitrogens with one attached hydrogen (secondary N) is 1. The van der Waals surface area contributed by atoms with Crippen molar-refractivity contribution in [2.45, 2.75) is 0 Å². The van der Waals surface area contributed by atoms with E-state index >= 15 is 0 Å². The molecule has 1 heterocycles. The number of aliphatic imine (C=N–C) groups is 1. The van der Waals surface area contributed by atoms with Crippen molar-refractivity contribution in [3.63, 3.8) is 0 Å². The average Bonchev–Trinajstić information content (AvgIpc) is 2.29. The predicted octanol–water partition coefficient (Wildman–Crippen LogP) is 2.49. The fraction of sp³-hybridized carbons (Fsp3) is 0. The van der Waals surface area contributed by atoms with Gasteiger partial charge in [-0.15, -0.1) is 0 Å². The van der Waals surface area contributed by atoms with Gasteiger partial charge >= 0.3 is 0 Å². The standard InChI is InChI=1S/C12H8N2O/c15-7-11-13-9-5-1-3-8-4-2-6-10(14-11)12(8)9/h1-7H,(H,13,14). The lowest BCUT2D eigenvalue weighted by Gasteiger charge is -2.15. The highest BCUT2D eigenvalue weighted by Crippen LogP contribution is 2.34. The molecule has 1 aliphatic heterocycles. The van der Waals surface area contributed by atoms with Crippen molar-refractivity contribution in [1.82, 2.24) is 0 Å². The molecule has 2 aromatic rings. The van der Waals surface area contributed by atoms with Crippen molar-refractivity contribution >= 4 is 34.3 Å². The summed E-state index contributed by atoms with van der Waals surface area (Å²) in [7, 11) is 0. The number of rotatable bonds is 1. The maximum absolute atomic E-state index is 10.7. The smallest absolute Gasteiger partial charge is 0.185 e. The summed E-state index contributed by atoms with van der Waals surface area (Å²) in [6, 6.07) is 11.8. The van der Waals surface area contributed by atoms with E-state index in [4.69, 9.17) is 0 Å². The minimum atomic E-state index is 0.362. The Balaban J connectivity index is 2.42. The number of hydrogen-bond acceptors (Lipinski definition) is 3. The van der Waals surface area contributed by atoms with Crippen molar-refractivity contribution in [2.75, 3.05) is 5.32 Å². The van der Waals surface area contributed by atoms with Crippen LogP contribution in [0.1, 0.15) is 0 Å². The van der Waals surface area contributed by atoms with Crippen LogP contribution in [0.5, 0.6) is 0 Å². The lowest BCUT2D eigenvalue weighted by molar-refractivity contribution is -0.102. The topological polar surface area (TPSA) is 41.5 Å². The maximum atomic E-state index is 10.7. The van der Waals surface area contributed by atoms with Gasteiger partial charge in [-0.05, 0) is 17.5 Å². The molecule has 1 aliphatic rings. The molecule has 0 bridgehead atoms. The molecule has 0 unspecified atom stereocenters. The summed E-state index contributed by atoms with van der Waals surface area (Å²) in [6.07, 6.45) is 0.731. The van der Waals surface area contributed by atoms with Gasteiger partial charge in [0.25, 0.3) is 0 Å². The molecule has 0 atom stereocenters. The van der Waals surface area contributed by atoms with Crippen molar-refractivity contribution in [3.8, 4) is 0 Å². The number of amidine groups is 1. The van der Waals surface area contributed by atoms with Gasteiger partial charge in [-0.25, -0.2) is 4.99 Å². The van der Waals surface area contributed by atoms with Crippen LogP contribution in [0.4, 0.5) is 11.4 Å². The molecule has 0 fully saturated rings. The lowest BCUT2D eigenvalue weighted by atomic mass is 10.1. The highest BCUT2D eigenvalue weighted by molar-refractivity contribution is 6.36. The van der Waals surface area contributed by atoms with Crippen molar-refractivity contribution in [1.29, 1.82) is 0 Å². The van der Waals surface area contributed by atoms with Crippen LogP contribution in [-0.4, -0.2) is 12.1 Å². The molecular formula is C12H8N2O. The third-order valence-corrected chi connectivity index (χ3v) is 2.50. The van der Waals surface area contributed by atoms with E-state index in [2.05, 4.69) is 10.3 Å². The zero-order chi connectivity index (χ0) is 10.3. The SMILES string of the molecule is O=CC1=Nc2cccc3cccc(c23)N1. The molecule has 1 N–H and O–H groups in total. The first-order chi connectivity index (χ1) is 7.38. The summed E-state index contributed by atoms with van der Waals surface area (Å²) >= 11 is 0. The Morgan fingerprint density at radius 1 is 1.13 bits per heavy atom. The van der Waals surface area contributed by atoms with E-state index in [1.807, 2.05) is 36.4 Å². The van der Waals surface area contributed by atoms with Crippen LogP contribution < -0.4 is 5.32 Å². The summed E-state index contributed by atoms with van der Waals surface area (Å²) in [5.41, 5.74) is 1.80. The second-order valence-corrected chi connectivity index (χ2v) is 3.42. The fourth-order valence-corrected chi connectivity index (χ4v) is 1.87. The van der Waals surface area contributed by atoms with Gasteiger partial charge in [0.1, 0.15) is 0 Å². The Kier molecular flexibility index (Phi) is 1.59. The van der Waals surface area contributed by atoms with E-state index in [9.17, 15) is 4.79 Å². The largest absolute Gasteiger partial charge is 0.337 e. The number of benzene rings is 2. The molecule has 15 heavy (non-hydrogen) atoms. The van der Waals surface area contributed by atoms with Crippen LogP contribution in [0.25, 0.3) is 10.8 Å². The first-order valence-corrected chi connectivity index (χ1v) is 4.71. The van der Waals surface area contributed by atoms with E-state index in [1.165, 1.54) is 0 Å². The lowest BCUT2D eigenvalue weighted by Crippen LogP contribution is -2.15. The molecule has 3 heteroatoms. The van der Waals surface area contributed by atoms with Crippen LogP contribution in [-0.2, 0) is 4.79 Å². The molecule has 0 saturated carbocycles. The van der Waals surface area contributed by atoms with E-state index in [0.29, 0.717) is 5.84 Å². The van der Waals surface area contributed by atoms with Gasteiger partial charge < -0.3 is 5.32 Å². The summed E-state index contributed by atoms with van der Waals surface area (Å²) in [6.45, 7) is 0. The summed E-state index contributed by atoms with van der Waals surface area (Å²) < 4.78 is 0. The van der Waals surface area contributed by atoms with Crippen LogP contribution >= 0.6 is 0 Å². The molecule has 0 saturated heterocycles. The number of aldehydes is 1. The molecule has 2 aromatic carbocycles. The predicted molar refractivity (Wildman–Crippen MR) is 60.7 cm³/mol. The molecule has 0 spiro atoms. The maximum Gasteiger partial charge on any atom is 0.185 e. The molecular weight excluding hydrogens is 188 g/mol. The van der Waals surface area contributed by atoms with Gasteiger partial charge in [-0.3, -0.25) is 4.79 Å². The van der Waals surface area contributed by atoms with Crippen LogP contribution in [0.2, 0.25) is 0 Å². The van der Waals surface area contributed by atoms with Crippen LogP contribution in [0, 0.1) is 0 Å². The van der Waals surface area contributed by atoms with Gasteiger partial charge in [-0.2, -0.15) is 0 Å². The van der Waals surface area contributed by atoms with Crippen molar-refractivity contribution in [2.24, 2.45) is 4.99 Å². The van der Waals surface area contributed by atoms with E-state index in [1.54, 1.807) is 0 Å². The zero-order valence-corrected chi connectivity index (χ0v) is 7.90. The molecule has 3 nitrogen and oxygen atoms in total. The average molecular weight is 196 g/mol. The highest BCUT2D eigenvalue weighted by Gasteiger charge is 2.12. The Labute approximate surface area is 86.4 Å². The fourth-order valence-electron chi connectivity index (χ4n) is 1.87. The van der Waals surface area contributed by atoms with Gasteiger partial charge in [0.2, 0.25) is 0 Å². The number of carbonyl (C=O) groups excluding carboxylic acids is 1. The second kappa shape index (κ2) is 2.92. The van der Waals surface area contributed by atoms with E-state index in [-0.39, 0.29) is 0 Å². The number of carbonyl (C=O) groups is 1. The minimum Gasteiger partial charge on any atom is -0.337 e. The van der Waals surface area contributed by atoms with Crippen molar-refractivity contribution < 1.29 is 4.79 Å². The zero-order valence-electron chi connectivity index (χ0n) is 7.90. The summed E-state index contributed by atoms with van der Waals surface area (Å²) in [5.74, 6) is 0.362. The third kappa shape index (κ3) is 1.13. The van der Waals surface area contributed by atoms with Gasteiger partial charge in [0.15, 0.2) is 12.1 Å². The van der Waals surface area contributed by atoms with E-state index < -0.39 is 0 Å². The Morgan fingerprint density at radius 3 is 2.73 bits per heavy atom. The van der Waals surface area contributed by atoms with Crippen LogP contribution in [0.15, 0.2) is 41.4 Å². The monoisotopic (exact) mass is 196 g/mol. The molecule has 0 radical (unpaired) electrons. The number of hydrogen-bond donors (Lipinski definition) is 1. The van der Waals surface area contributed by atoms with Gasteiger partial charge in [0.05, 0.1) is 5.69 Å². The van der Waals surface area contributed by atoms with Crippen molar-refractivity contribution in [3.05, 3.63) is 36.4 Å². The molecule has 0 aliphatic carbocycles. The molecule has 72 valence electrons. The quantitative estimate of drug-likeness (QED) is 0.712. The van der Waals surface area contributed by atoms with Crippen LogP contribution in [0.3, 0.4) is 0 Å². The third-order valence-electron chi connectivity index (χ3n) is 2.50. The summed E-state index contributed by atoms with van der Waals surface area (Å²) in [4.78, 5) is 14.9. The number of nitrogens with zero attached hydrogens (tertiary/aromatic N) is 1. The van der Waals surface area contributed by atoms with Gasteiger partial charge in [-0.1, -0.05) is 24.3 Å². The first-order valence-electron chi connectivity index (χ1n) is 4.71. The molecule has 0 amide bonds. The van der Waals surface area contributed by atoms with E-state index in [0.717, 1.165) is 28.4 Å². The first kappa shape index (κ1) is 8.17.